The predicted molar refractivity (Wildman–Crippen MR) is 148 cm³/mol. The molecule has 236 valence electrons. The minimum absolute atomic E-state index is 0.0211. The largest absolute Gasteiger partial charge is 0.508 e. The Labute approximate surface area is 249 Å². The first-order chi connectivity index (χ1) is 20.7. The van der Waals surface area contributed by atoms with E-state index in [-0.39, 0.29) is 24.8 Å². The summed E-state index contributed by atoms with van der Waals surface area (Å²) in [6.45, 7) is 1.62. The molecule has 5 rings (SSSR count). The van der Waals surface area contributed by atoms with Crippen LogP contribution in [0.5, 0.6) is 5.75 Å². The fourth-order valence-electron chi connectivity index (χ4n) is 6.70. The number of amides is 2. The third-order valence-corrected chi connectivity index (χ3v) is 8.57. The lowest BCUT2D eigenvalue weighted by atomic mass is 9.69. The first-order valence-corrected chi connectivity index (χ1v) is 14.3. The Morgan fingerprint density at radius 3 is 2.25 bits per heavy atom. The molecule has 0 radical (unpaired) electrons. The molecule has 2 aliphatic heterocycles. The second-order valence-corrected chi connectivity index (χ2v) is 11.4. The second kappa shape index (κ2) is 12.0. The molecule has 0 saturated carbocycles. The van der Waals surface area contributed by atoms with Gasteiger partial charge in [-0.05, 0) is 72.7 Å². The van der Waals surface area contributed by atoms with Gasteiger partial charge in [-0.25, -0.2) is 4.90 Å². The fraction of sp³-hybridized carbons (Fsp3) is 0.438. The average molecular weight is 624 g/mol. The van der Waals surface area contributed by atoms with Crippen LogP contribution >= 0.6 is 0 Å². The number of benzene rings is 2. The number of carbonyl (C=O) groups is 2. The van der Waals surface area contributed by atoms with Gasteiger partial charge in [0.25, 0.3) is 0 Å². The molecule has 6 nitrogen and oxygen atoms in total. The van der Waals surface area contributed by atoms with Crippen LogP contribution in [0.2, 0.25) is 0 Å². The van der Waals surface area contributed by atoms with Gasteiger partial charge in [0.1, 0.15) is 5.75 Å². The molecule has 0 bridgehead atoms. The van der Waals surface area contributed by atoms with Crippen molar-refractivity contribution in [1.29, 1.82) is 0 Å². The van der Waals surface area contributed by atoms with E-state index in [1.807, 2.05) is 19.1 Å². The number of aliphatic hydroxyl groups is 1. The molecule has 2 amide bonds. The normalized spacial score (nSPS) is 24.3. The number of phenols is 1. The van der Waals surface area contributed by atoms with E-state index >= 15 is 0 Å². The third kappa shape index (κ3) is 6.14. The number of carbonyl (C=O) groups excluding carboxylic acids is 2. The van der Waals surface area contributed by atoms with Crippen LogP contribution in [0.1, 0.15) is 55.7 Å². The first-order valence-electron chi connectivity index (χ1n) is 14.3. The van der Waals surface area contributed by atoms with Gasteiger partial charge < -0.3 is 14.9 Å². The van der Waals surface area contributed by atoms with Crippen molar-refractivity contribution in [2.45, 2.75) is 57.5 Å². The van der Waals surface area contributed by atoms with Crippen molar-refractivity contribution in [2.24, 2.45) is 17.8 Å². The highest BCUT2D eigenvalue weighted by Crippen LogP contribution is 2.51. The zero-order valence-electron chi connectivity index (χ0n) is 23.7. The third-order valence-electron chi connectivity index (χ3n) is 8.57. The number of alkyl halides is 6. The Bertz CT molecular complexity index is 1480. The van der Waals surface area contributed by atoms with Gasteiger partial charge in [-0.15, -0.1) is 0 Å². The van der Waals surface area contributed by atoms with Crippen LogP contribution in [0, 0.1) is 17.8 Å². The van der Waals surface area contributed by atoms with Gasteiger partial charge in [0, 0.05) is 5.92 Å². The Hall–Kier alpha value is -3.64. The number of allylic oxidation sites excluding steroid dienone is 1. The molecular formula is C32H31F6NO5. The fourth-order valence-corrected chi connectivity index (χ4v) is 6.70. The van der Waals surface area contributed by atoms with Crippen molar-refractivity contribution in [3.8, 4) is 5.75 Å². The van der Waals surface area contributed by atoms with E-state index in [0.29, 0.717) is 41.0 Å². The van der Waals surface area contributed by atoms with Gasteiger partial charge in [-0.1, -0.05) is 37.1 Å². The summed E-state index contributed by atoms with van der Waals surface area (Å²) in [5.41, 5.74) is -0.959. The molecule has 0 spiro atoms. The second-order valence-electron chi connectivity index (χ2n) is 11.4. The van der Waals surface area contributed by atoms with E-state index in [4.69, 9.17) is 4.74 Å². The molecule has 1 aliphatic carbocycles. The Morgan fingerprint density at radius 2 is 1.66 bits per heavy atom. The molecule has 2 N–H and O–H groups in total. The van der Waals surface area contributed by atoms with Crippen molar-refractivity contribution < 1.29 is 50.9 Å². The summed E-state index contributed by atoms with van der Waals surface area (Å²) in [5.74, 6) is -4.40. The number of anilines is 1. The van der Waals surface area contributed by atoms with Crippen LogP contribution < -0.4 is 4.90 Å². The molecule has 0 aromatic heterocycles. The summed E-state index contributed by atoms with van der Waals surface area (Å²) in [4.78, 5) is 27.6. The Morgan fingerprint density at radius 1 is 0.977 bits per heavy atom. The lowest BCUT2D eigenvalue weighted by molar-refractivity contribution is -0.143. The molecule has 3 aliphatic rings. The summed E-state index contributed by atoms with van der Waals surface area (Å²) >= 11 is 0. The number of rotatable bonds is 8. The Balaban J connectivity index is 1.42. The number of aliphatic hydroxyl groups excluding tert-OH is 1. The van der Waals surface area contributed by atoms with Gasteiger partial charge in [-0.3, -0.25) is 9.59 Å². The van der Waals surface area contributed by atoms with Crippen molar-refractivity contribution in [3.63, 3.8) is 0 Å². The number of halogens is 6. The number of imide groups is 1. The lowest BCUT2D eigenvalue weighted by Crippen LogP contribution is -2.35. The van der Waals surface area contributed by atoms with Crippen molar-refractivity contribution in [2.75, 3.05) is 18.1 Å². The van der Waals surface area contributed by atoms with Gasteiger partial charge in [0.2, 0.25) is 11.8 Å². The summed E-state index contributed by atoms with van der Waals surface area (Å²) in [6, 6.07) is 7.52. The summed E-state index contributed by atoms with van der Waals surface area (Å²) in [5, 5.41) is 20.1. The van der Waals surface area contributed by atoms with Crippen LogP contribution in [0.15, 0.2) is 59.2 Å². The zero-order chi connectivity index (χ0) is 32.0. The zero-order valence-corrected chi connectivity index (χ0v) is 23.7. The van der Waals surface area contributed by atoms with E-state index in [0.717, 1.165) is 24.0 Å². The van der Waals surface area contributed by atoms with Gasteiger partial charge >= 0.3 is 12.4 Å². The molecule has 4 atom stereocenters. The monoisotopic (exact) mass is 623 g/mol. The summed E-state index contributed by atoms with van der Waals surface area (Å²) in [6.07, 6.45) is -6.12. The standard InChI is InChI=1S/C32H31F6NO5/c1-2-4-17(9-18-5-3-6-23(41)10-18)7-8-26-27-19(15-40)11-24-28(25(27)16-44-26)30(43)39(29(24)42)22-13-20(31(33,34)35)12-21(14-22)32(36,37)38/h3,5-6,9-10,12-14,24-26,28,40-41H,2,4,7-8,11,15-16H2,1H3/b17-9+/t24-,25+,26-,28-/m1/s1. The van der Waals surface area contributed by atoms with Crippen LogP contribution in [0.4, 0.5) is 32.0 Å². The molecule has 2 aromatic carbocycles. The molecule has 2 aromatic rings. The van der Waals surface area contributed by atoms with E-state index in [9.17, 15) is 46.1 Å². The van der Waals surface area contributed by atoms with Crippen molar-refractivity contribution in [3.05, 3.63) is 75.9 Å². The number of hydrogen-bond acceptors (Lipinski definition) is 5. The number of hydrogen-bond donors (Lipinski definition) is 2. The van der Waals surface area contributed by atoms with Crippen LogP contribution in [0.3, 0.4) is 0 Å². The first kappa shape index (κ1) is 31.8. The highest BCUT2D eigenvalue weighted by atomic mass is 19.4. The topological polar surface area (TPSA) is 87.1 Å². The number of phenolic OH excluding ortho intramolecular Hbond substituents is 1. The summed E-state index contributed by atoms with van der Waals surface area (Å²) < 4.78 is 87.2. The molecule has 2 heterocycles. The van der Waals surface area contributed by atoms with Crippen LogP contribution in [-0.2, 0) is 26.7 Å². The van der Waals surface area contributed by atoms with E-state index in [1.165, 1.54) is 0 Å². The number of ether oxygens (including phenoxy) is 1. The minimum Gasteiger partial charge on any atom is -0.508 e. The molecule has 2 fully saturated rings. The van der Waals surface area contributed by atoms with Gasteiger partial charge in [-0.2, -0.15) is 26.3 Å². The smallest absolute Gasteiger partial charge is 0.416 e. The lowest BCUT2D eigenvalue weighted by Gasteiger charge is -2.31. The van der Waals surface area contributed by atoms with Crippen molar-refractivity contribution in [1.82, 2.24) is 0 Å². The minimum atomic E-state index is -5.15. The highest BCUT2D eigenvalue weighted by molar-refractivity contribution is 6.22. The average Bonchev–Trinajstić information content (AvgIpc) is 3.48. The molecule has 0 unspecified atom stereocenters. The van der Waals surface area contributed by atoms with E-state index in [2.05, 4.69) is 0 Å². The van der Waals surface area contributed by atoms with E-state index < -0.39 is 71.4 Å². The molecule has 2 saturated heterocycles. The molecule has 12 heteroatoms. The SMILES string of the molecule is CCC/C(=C\c1cccc(O)c1)CC[C@H]1OC[C@H]2C1=C(CO)C[C@H]1C(=O)N(c3cc(C(F)(F)F)cc(C(F)(F)F)c3)C(=O)[C@H]12. The van der Waals surface area contributed by atoms with Gasteiger partial charge in [0.15, 0.2) is 0 Å². The number of fused-ring (bicyclic) bond motifs is 3. The van der Waals surface area contributed by atoms with Crippen LogP contribution in [-0.4, -0.2) is 41.3 Å². The number of nitrogens with zero attached hydrogens (tertiary/aromatic N) is 1. The maximum Gasteiger partial charge on any atom is 0.416 e. The Kier molecular flexibility index (Phi) is 8.69. The number of aromatic hydroxyl groups is 1. The van der Waals surface area contributed by atoms with Crippen LogP contribution in [0.25, 0.3) is 6.08 Å². The van der Waals surface area contributed by atoms with Crippen molar-refractivity contribution >= 4 is 23.6 Å². The van der Waals surface area contributed by atoms with Gasteiger partial charge in [0.05, 0.1) is 48.0 Å². The summed E-state index contributed by atoms with van der Waals surface area (Å²) in [7, 11) is 0. The molecular weight excluding hydrogens is 592 g/mol. The predicted octanol–water partition coefficient (Wildman–Crippen LogP) is 6.91. The quantitative estimate of drug-likeness (QED) is 0.190. The maximum atomic E-state index is 13.7. The molecule has 44 heavy (non-hydrogen) atoms. The highest BCUT2D eigenvalue weighted by Gasteiger charge is 2.57. The maximum absolute atomic E-state index is 13.7. The van der Waals surface area contributed by atoms with E-state index in [1.54, 1.807) is 18.2 Å².